The monoisotopic (exact) mass is 268 g/mol. The number of hydrogen-bond acceptors (Lipinski definition) is 3. The Balaban J connectivity index is 1.68. The highest BCUT2D eigenvalue weighted by Crippen LogP contribution is 2.14. The summed E-state index contributed by atoms with van der Waals surface area (Å²) in [7, 11) is 0. The molecule has 1 aromatic carbocycles. The number of hydrogen-bond donors (Lipinski definition) is 2. The number of carbonyl (C=O) groups excluding carboxylic acids is 1. The van der Waals surface area contributed by atoms with Gasteiger partial charge in [0.1, 0.15) is 6.61 Å². The van der Waals surface area contributed by atoms with Crippen LogP contribution in [0.2, 0.25) is 5.02 Å². The van der Waals surface area contributed by atoms with Gasteiger partial charge in [0.2, 0.25) is 5.91 Å². The average Bonchev–Trinajstić information content (AvgIpc) is 2.82. The van der Waals surface area contributed by atoms with Crippen LogP contribution in [-0.2, 0) is 9.53 Å². The van der Waals surface area contributed by atoms with Crippen molar-refractivity contribution < 1.29 is 9.53 Å². The van der Waals surface area contributed by atoms with E-state index in [1.807, 2.05) is 0 Å². The van der Waals surface area contributed by atoms with Gasteiger partial charge in [-0.3, -0.25) is 4.79 Å². The lowest BCUT2D eigenvalue weighted by Crippen LogP contribution is -2.29. The van der Waals surface area contributed by atoms with E-state index >= 15 is 0 Å². The molecule has 5 heteroatoms. The van der Waals surface area contributed by atoms with E-state index < -0.39 is 0 Å². The molecular formula is C13H17ClN2O2. The van der Waals surface area contributed by atoms with Gasteiger partial charge < -0.3 is 15.4 Å². The summed E-state index contributed by atoms with van der Waals surface area (Å²) in [6.45, 7) is 1.70. The molecule has 18 heavy (non-hydrogen) atoms. The molecule has 1 saturated heterocycles. The Morgan fingerprint density at radius 1 is 1.56 bits per heavy atom. The van der Waals surface area contributed by atoms with Crippen LogP contribution in [-0.4, -0.2) is 31.7 Å². The van der Waals surface area contributed by atoms with Gasteiger partial charge in [0, 0.05) is 16.8 Å². The van der Waals surface area contributed by atoms with E-state index in [0.29, 0.717) is 23.4 Å². The van der Waals surface area contributed by atoms with E-state index in [4.69, 9.17) is 16.3 Å². The van der Waals surface area contributed by atoms with E-state index in [2.05, 4.69) is 10.6 Å². The van der Waals surface area contributed by atoms with Crippen molar-refractivity contribution in [2.24, 2.45) is 0 Å². The van der Waals surface area contributed by atoms with Gasteiger partial charge in [-0.1, -0.05) is 17.7 Å². The molecule has 0 saturated carbocycles. The number of carbonyl (C=O) groups is 1. The zero-order valence-corrected chi connectivity index (χ0v) is 10.9. The van der Waals surface area contributed by atoms with E-state index in [-0.39, 0.29) is 12.5 Å². The molecule has 1 aromatic rings. The maximum atomic E-state index is 11.6. The normalized spacial score (nSPS) is 18.8. The average molecular weight is 269 g/mol. The molecule has 1 aliphatic rings. The molecule has 1 aliphatic heterocycles. The van der Waals surface area contributed by atoms with Crippen LogP contribution in [0.15, 0.2) is 24.3 Å². The van der Waals surface area contributed by atoms with Crippen LogP contribution in [0.4, 0.5) is 5.69 Å². The Morgan fingerprint density at radius 3 is 3.17 bits per heavy atom. The first kappa shape index (κ1) is 13.3. The van der Waals surface area contributed by atoms with E-state index in [1.54, 1.807) is 24.3 Å². The summed E-state index contributed by atoms with van der Waals surface area (Å²) in [5.74, 6) is -0.157. The second-order valence-electron chi connectivity index (χ2n) is 4.37. The summed E-state index contributed by atoms with van der Waals surface area (Å²) >= 11 is 5.83. The molecule has 4 nitrogen and oxygen atoms in total. The topological polar surface area (TPSA) is 50.4 Å². The van der Waals surface area contributed by atoms with Crippen LogP contribution >= 0.6 is 11.6 Å². The maximum Gasteiger partial charge on any atom is 0.250 e. The minimum atomic E-state index is -0.157. The zero-order valence-electron chi connectivity index (χ0n) is 10.1. The molecule has 98 valence electrons. The first-order valence-electron chi connectivity index (χ1n) is 6.10. The van der Waals surface area contributed by atoms with Crippen molar-refractivity contribution in [2.45, 2.75) is 18.9 Å². The van der Waals surface area contributed by atoms with Gasteiger partial charge in [-0.25, -0.2) is 0 Å². The van der Waals surface area contributed by atoms with Gasteiger partial charge >= 0.3 is 0 Å². The Morgan fingerprint density at radius 2 is 2.44 bits per heavy atom. The molecule has 0 spiro atoms. The van der Waals surface area contributed by atoms with Crippen molar-refractivity contribution in [3.8, 4) is 0 Å². The number of nitrogens with one attached hydrogen (secondary N) is 2. The van der Waals surface area contributed by atoms with Crippen molar-refractivity contribution >= 4 is 23.2 Å². The van der Waals surface area contributed by atoms with Crippen molar-refractivity contribution in [1.82, 2.24) is 5.32 Å². The van der Waals surface area contributed by atoms with Crippen LogP contribution in [0, 0.1) is 0 Å². The highest BCUT2D eigenvalue weighted by molar-refractivity contribution is 6.30. The molecule has 0 bridgehead atoms. The molecule has 1 unspecified atom stereocenters. The summed E-state index contributed by atoms with van der Waals surface area (Å²) < 4.78 is 5.37. The highest BCUT2D eigenvalue weighted by Gasteiger charge is 2.14. The first-order valence-corrected chi connectivity index (χ1v) is 6.48. The van der Waals surface area contributed by atoms with Gasteiger partial charge in [-0.05, 0) is 37.6 Å². The lowest BCUT2D eigenvalue weighted by atomic mass is 10.2. The Kier molecular flexibility index (Phi) is 4.99. The van der Waals surface area contributed by atoms with Crippen LogP contribution in [0.5, 0.6) is 0 Å². The fraction of sp³-hybridized carbons (Fsp3) is 0.462. The van der Waals surface area contributed by atoms with Crippen LogP contribution in [0.3, 0.4) is 0 Å². The third kappa shape index (κ3) is 4.29. The second kappa shape index (κ2) is 6.73. The molecule has 1 fully saturated rings. The van der Waals surface area contributed by atoms with Crippen LogP contribution in [0.1, 0.15) is 12.8 Å². The zero-order chi connectivity index (χ0) is 12.8. The molecule has 1 atom stereocenters. The third-order valence-electron chi connectivity index (χ3n) is 2.82. The minimum absolute atomic E-state index is 0.0741. The molecule has 0 radical (unpaired) electrons. The van der Waals surface area contributed by atoms with Crippen molar-refractivity contribution in [1.29, 1.82) is 0 Å². The van der Waals surface area contributed by atoms with Gasteiger partial charge in [0.05, 0.1) is 6.61 Å². The third-order valence-corrected chi connectivity index (χ3v) is 3.06. The quantitative estimate of drug-likeness (QED) is 0.859. The smallest absolute Gasteiger partial charge is 0.250 e. The van der Waals surface area contributed by atoms with Crippen molar-refractivity contribution in [3.05, 3.63) is 29.3 Å². The van der Waals surface area contributed by atoms with Gasteiger partial charge in [-0.2, -0.15) is 0 Å². The lowest BCUT2D eigenvalue weighted by molar-refractivity contribution is -0.120. The maximum absolute atomic E-state index is 11.6. The fourth-order valence-corrected chi connectivity index (χ4v) is 2.15. The minimum Gasteiger partial charge on any atom is -0.370 e. The highest BCUT2D eigenvalue weighted by atomic mass is 35.5. The summed E-state index contributed by atoms with van der Waals surface area (Å²) in [5.41, 5.74) is 0.690. The molecule has 0 aromatic heterocycles. The molecule has 2 N–H and O–H groups in total. The molecule has 0 aliphatic carbocycles. The number of anilines is 1. The van der Waals surface area contributed by atoms with Gasteiger partial charge in [-0.15, -0.1) is 0 Å². The standard InChI is InChI=1S/C13H17ClN2O2/c14-10-3-1-4-11(7-10)16-13(17)9-18-8-12-5-2-6-15-12/h1,3-4,7,12,15H,2,5-6,8-9H2,(H,16,17). The van der Waals surface area contributed by atoms with Crippen molar-refractivity contribution in [2.75, 3.05) is 25.1 Å². The summed E-state index contributed by atoms with van der Waals surface area (Å²) in [5, 5.41) is 6.65. The summed E-state index contributed by atoms with van der Waals surface area (Å²) in [6.07, 6.45) is 2.30. The predicted octanol–water partition coefficient (Wildman–Crippen LogP) is 2.05. The predicted molar refractivity (Wildman–Crippen MR) is 71.9 cm³/mol. The van der Waals surface area contributed by atoms with E-state index in [0.717, 1.165) is 13.0 Å². The fourth-order valence-electron chi connectivity index (χ4n) is 1.96. The Bertz CT molecular complexity index is 406. The molecular weight excluding hydrogens is 252 g/mol. The number of amides is 1. The SMILES string of the molecule is O=C(COCC1CCCN1)Nc1cccc(Cl)c1. The number of rotatable bonds is 5. The summed E-state index contributed by atoms with van der Waals surface area (Å²) in [6, 6.07) is 7.45. The van der Waals surface area contributed by atoms with Gasteiger partial charge in [0.25, 0.3) is 0 Å². The van der Waals surface area contributed by atoms with Crippen LogP contribution < -0.4 is 10.6 Å². The van der Waals surface area contributed by atoms with Gasteiger partial charge in [0.15, 0.2) is 0 Å². The number of ether oxygens (including phenoxy) is 1. The lowest BCUT2D eigenvalue weighted by Gasteiger charge is -2.11. The second-order valence-corrected chi connectivity index (χ2v) is 4.80. The Hall–Kier alpha value is -1.10. The summed E-state index contributed by atoms with van der Waals surface area (Å²) in [4.78, 5) is 11.6. The number of halogens is 1. The van der Waals surface area contributed by atoms with E-state index in [1.165, 1.54) is 6.42 Å². The first-order chi connectivity index (χ1) is 8.74. The largest absolute Gasteiger partial charge is 0.370 e. The molecule has 2 rings (SSSR count). The number of benzene rings is 1. The van der Waals surface area contributed by atoms with E-state index in [9.17, 15) is 4.79 Å². The van der Waals surface area contributed by atoms with Crippen molar-refractivity contribution in [3.63, 3.8) is 0 Å². The van der Waals surface area contributed by atoms with Crippen LogP contribution in [0.25, 0.3) is 0 Å². The Labute approximate surface area is 112 Å². The molecule has 1 heterocycles. The molecule has 1 amide bonds.